The van der Waals surface area contributed by atoms with Gasteiger partial charge in [-0.05, 0) is 53.1 Å². The number of hydrogen-bond acceptors (Lipinski definition) is 4. The summed E-state index contributed by atoms with van der Waals surface area (Å²) < 4.78 is 5.19. The summed E-state index contributed by atoms with van der Waals surface area (Å²) in [6, 6.07) is 20.1. The van der Waals surface area contributed by atoms with Gasteiger partial charge in [-0.3, -0.25) is 9.59 Å². The molecule has 1 N–H and O–H groups in total. The van der Waals surface area contributed by atoms with Gasteiger partial charge >= 0.3 is 0 Å². The van der Waals surface area contributed by atoms with E-state index in [0.717, 1.165) is 16.9 Å². The van der Waals surface area contributed by atoms with E-state index in [1.54, 1.807) is 25.5 Å². The summed E-state index contributed by atoms with van der Waals surface area (Å²) in [5, 5.41) is 4.90. The molecule has 0 aliphatic carbocycles. The first-order chi connectivity index (χ1) is 15.5. The summed E-state index contributed by atoms with van der Waals surface area (Å²) in [5.74, 6) is 0.819. The average Bonchev–Trinajstić information content (AvgIpc) is 3.51. The lowest BCUT2D eigenvalue weighted by Crippen LogP contribution is -2.44. The number of likely N-dealkylation sites (tertiary alicyclic amines) is 1. The molecule has 1 fully saturated rings. The molecule has 0 radical (unpaired) electrons. The van der Waals surface area contributed by atoms with E-state index in [4.69, 9.17) is 4.74 Å². The summed E-state index contributed by atoms with van der Waals surface area (Å²) in [4.78, 5) is 29.0. The molecule has 1 atom stereocenters. The van der Waals surface area contributed by atoms with Crippen LogP contribution in [0.5, 0.6) is 5.75 Å². The number of thiophene rings is 1. The van der Waals surface area contributed by atoms with Gasteiger partial charge in [-0.25, -0.2) is 0 Å². The van der Waals surface area contributed by atoms with Gasteiger partial charge in [0.2, 0.25) is 11.8 Å². The van der Waals surface area contributed by atoms with Crippen LogP contribution in [0.1, 0.15) is 17.5 Å². The van der Waals surface area contributed by atoms with Gasteiger partial charge < -0.3 is 15.0 Å². The predicted molar refractivity (Wildman–Crippen MR) is 128 cm³/mol. The summed E-state index contributed by atoms with van der Waals surface area (Å²) in [7, 11) is 3.30. The number of benzene rings is 2. The Hall–Kier alpha value is -3.12. The van der Waals surface area contributed by atoms with E-state index in [1.807, 2.05) is 35.2 Å². The Morgan fingerprint density at radius 1 is 1.06 bits per heavy atom. The summed E-state index contributed by atoms with van der Waals surface area (Å²) in [6.07, 6.45) is 1.60. The number of hydrogen-bond donors (Lipinski definition) is 1. The largest absolute Gasteiger partial charge is 0.497 e. The van der Waals surface area contributed by atoms with Gasteiger partial charge in [-0.2, -0.15) is 0 Å². The first-order valence-electron chi connectivity index (χ1n) is 10.8. The van der Waals surface area contributed by atoms with E-state index in [9.17, 15) is 9.59 Å². The Morgan fingerprint density at radius 2 is 1.78 bits per heavy atom. The second-order valence-electron chi connectivity index (χ2n) is 8.30. The molecule has 3 aromatic rings. The van der Waals surface area contributed by atoms with E-state index >= 15 is 0 Å². The Morgan fingerprint density at radius 3 is 2.41 bits per heavy atom. The number of carbonyl (C=O) groups is 2. The lowest BCUT2D eigenvalue weighted by molar-refractivity contribution is -0.132. The topological polar surface area (TPSA) is 58.6 Å². The van der Waals surface area contributed by atoms with Crippen LogP contribution >= 0.6 is 11.3 Å². The molecule has 2 amide bonds. The van der Waals surface area contributed by atoms with Crippen molar-refractivity contribution >= 4 is 23.2 Å². The zero-order valence-corrected chi connectivity index (χ0v) is 19.3. The smallest absolute Gasteiger partial charge is 0.228 e. The van der Waals surface area contributed by atoms with E-state index in [1.165, 1.54) is 10.4 Å². The van der Waals surface area contributed by atoms with Crippen LogP contribution in [-0.4, -0.2) is 44.0 Å². The van der Waals surface area contributed by atoms with Crippen molar-refractivity contribution in [3.63, 3.8) is 0 Å². The summed E-state index contributed by atoms with van der Waals surface area (Å²) in [6.45, 7) is 1.03. The Balaban J connectivity index is 1.46. The molecule has 4 rings (SSSR count). The fourth-order valence-electron chi connectivity index (χ4n) is 4.41. The van der Waals surface area contributed by atoms with Crippen LogP contribution < -0.4 is 10.1 Å². The van der Waals surface area contributed by atoms with Gasteiger partial charge in [-0.15, -0.1) is 11.3 Å². The lowest BCUT2D eigenvalue weighted by atomic mass is 9.79. The Kier molecular flexibility index (Phi) is 6.61. The van der Waals surface area contributed by atoms with Crippen molar-refractivity contribution in [3.8, 4) is 16.2 Å². The highest BCUT2D eigenvalue weighted by atomic mass is 32.1. The maximum Gasteiger partial charge on any atom is 0.228 e. The zero-order valence-electron chi connectivity index (χ0n) is 18.5. The molecule has 2 heterocycles. The van der Waals surface area contributed by atoms with Gasteiger partial charge in [-0.1, -0.05) is 42.5 Å². The first-order valence-corrected chi connectivity index (χ1v) is 11.7. The molecule has 2 aromatic carbocycles. The fourth-order valence-corrected chi connectivity index (χ4v) is 5.14. The molecule has 0 bridgehead atoms. The van der Waals surface area contributed by atoms with Crippen molar-refractivity contribution in [2.75, 3.05) is 27.2 Å². The number of methoxy groups -OCH3 is 1. The molecule has 1 aromatic heterocycles. The van der Waals surface area contributed by atoms with Crippen LogP contribution in [0.25, 0.3) is 10.4 Å². The molecule has 0 unspecified atom stereocenters. The Labute approximate surface area is 193 Å². The second-order valence-corrected chi connectivity index (χ2v) is 9.25. The monoisotopic (exact) mass is 448 g/mol. The number of carbonyl (C=O) groups excluding carboxylic acids is 2. The van der Waals surface area contributed by atoms with Crippen molar-refractivity contribution < 1.29 is 14.3 Å². The lowest BCUT2D eigenvalue weighted by Gasteiger charge is -2.28. The minimum absolute atomic E-state index is 0.000388. The van der Waals surface area contributed by atoms with E-state index in [0.29, 0.717) is 32.4 Å². The number of nitrogens with one attached hydrogen (secondary N) is 1. The molecular formula is C26H28N2O3S. The summed E-state index contributed by atoms with van der Waals surface area (Å²) >= 11 is 1.71. The molecule has 6 heteroatoms. The maximum absolute atomic E-state index is 13.0. The molecule has 32 heavy (non-hydrogen) atoms. The SMILES string of the molecule is CNC(=O)[C@]1(Cc2ccc(-c3cccs3)cc2)CCN(C(=O)Cc2ccc(OC)cc2)C1. The van der Waals surface area contributed by atoms with Crippen LogP contribution in [0, 0.1) is 5.41 Å². The molecule has 0 saturated carbocycles. The highest BCUT2D eigenvalue weighted by Gasteiger charge is 2.45. The average molecular weight is 449 g/mol. The maximum atomic E-state index is 13.0. The van der Waals surface area contributed by atoms with Crippen LogP contribution in [-0.2, 0) is 22.4 Å². The van der Waals surface area contributed by atoms with Gasteiger partial charge in [0.25, 0.3) is 0 Å². The minimum atomic E-state index is -0.602. The molecule has 1 saturated heterocycles. The van der Waals surface area contributed by atoms with E-state index in [2.05, 4.69) is 41.0 Å². The quantitative estimate of drug-likeness (QED) is 0.590. The van der Waals surface area contributed by atoms with Gasteiger partial charge in [0.15, 0.2) is 0 Å². The highest BCUT2D eigenvalue weighted by Crippen LogP contribution is 2.36. The molecule has 5 nitrogen and oxygen atoms in total. The third-order valence-corrected chi connectivity index (χ3v) is 7.15. The standard InChI is InChI=1S/C26H28N2O3S/c1-27-25(30)26(17-20-5-9-21(10-6-20)23-4-3-15-32-23)13-14-28(18-26)24(29)16-19-7-11-22(31-2)12-8-19/h3-12,15H,13-14,16-18H2,1-2H3,(H,27,30)/t26-/m0/s1. The number of ether oxygens (including phenoxy) is 1. The zero-order chi connectivity index (χ0) is 22.6. The molecule has 166 valence electrons. The minimum Gasteiger partial charge on any atom is -0.497 e. The van der Waals surface area contributed by atoms with Crippen molar-refractivity contribution in [1.29, 1.82) is 0 Å². The summed E-state index contributed by atoms with van der Waals surface area (Å²) in [5.41, 5.74) is 2.63. The highest BCUT2D eigenvalue weighted by molar-refractivity contribution is 7.13. The van der Waals surface area contributed by atoms with Crippen LogP contribution in [0.15, 0.2) is 66.0 Å². The normalized spacial score (nSPS) is 17.9. The molecule has 1 aliphatic rings. The fraction of sp³-hybridized carbons (Fsp3) is 0.308. The van der Waals surface area contributed by atoms with Crippen LogP contribution in [0.4, 0.5) is 0 Å². The predicted octanol–water partition coefficient (Wildman–Crippen LogP) is 4.17. The van der Waals surface area contributed by atoms with Gasteiger partial charge in [0.05, 0.1) is 18.9 Å². The Bertz CT molecular complexity index is 1060. The van der Waals surface area contributed by atoms with Crippen molar-refractivity contribution in [2.24, 2.45) is 5.41 Å². The van der Waals surface area contributed by atoms with Crippen molar-refractivity contribution in [3.05, 3.63) is 77.2 Å². The molecule has 0 spiro atoms. The number of nitrogens with zero attached hydrogens (tertiary/aromatic N) is 1. The molecular weight excluding hydrogens is 420 g/mol. The first kappa shape index (κ1) is 22.1. The molecule has 1 aliphatic heterocycles. The number of rotatable bonds is 7. The van der Waals surface area contributed by atoms with Crippen LogP contribution in [0.2, 0.25) is 0 Å². The van der Waals surface area contributed by atoms with Crippen molar-refractivity contribution in [2.45, 2.75) is 19.3 Å². The van der Waals surface area contributed by atoms with E-state index < -0.39 is 5.41 Å². The van der Waals surface area contributed by atoms with Gasteiger partial charge in [0, 0.05) is 25.0 Å². The van der Waals surface area contributed by atoms with Crippen LogP contribution in [0.3, 0.4) is 0 Å². The van der Waals surface area contributed by atoms with E-state index in [-0.39, 0.29) is 11.8 Å². The van der Waals surface area contributed by atoms with Gasteiger partial charge in [0.1, 0.15) is 5.75 Å². The third kappa shape index (κ3) is 4.70. The third-order valence-electron chi connectivity index (χ3n) is 6.23. The number of amides is 2. The second kappa shape index (κ2) is 9.57. The van der Waals surface area contributed by atoms with Crippen molar-refractivity contribution in [1.82, 2.24) is 10.2 Å².